The Labute approximate surface area is 150 Å². The molecule has 2 aromatic rings. The smallest absolute Gasteiger partial charge is 0.322 e. The van der Waals surface area contributed by atoms with Gasteiger partial charge in [-0.1, -0.05) is 36.4 Å². The molecule has 0 heterocycles. The molecule has 0 radical (unpaired) electrons. The minimum atomic E-state index is -1.19. The Kier molecular flexibility index (Phi) is 6.50. The number of carbonyl (C=O) groups is 3. The largest absolute Gasteiger partial charge is 0.496 e. The minimum absolute atomic E-state index is 0.0930. The highest BCUT2D eigenvalue weighted by atomic mass is 16.5. The van der Waals surface area contributed by atoms with Crippen LogP contribution >= 0.6 is 0 Å². The molecular weight excluding hydrogens is 336 g/mol. The standard InChI is InChI=1S/C19H18N2O5/c1-26-16-10-6-5-9-14(16)11-15(19(25)20-12-17(22)23)21-18(24)13-7-3-2-4-8-13/h2-11H,12H2,1H3,(H,20,25)(H,21,24)(H,22,23)/b15-11-. The summed E-state index contributed by atoms with van der Waals surface area (Å²) < 4.78 is 5.23. The topological polar surface area (TPSA) is 105 Å². The molecule has 0 saturated carbocycles. The third-order valence-electron chi connectivity index (χ3n) is 3.37. The number of carboxylic acid groups (broad SMARTS) is 1. The first kappa shape index (κ1) is 18.7. The maximum Gasteiger partial charge on any atom is 0.322 e. The lowest BCUT2D eigenvalue weighted by Gasteiger charge is -2.11. The van der Waals surface area contributed by atoms with Crippen LogP contribution in [0.5, 0.6) is 5.75 Å². The highest BCUT2D eigenvalue weighted by Crippen LogP contribution is 2.20. The van der Waals surface area contributed by atoms with Gasteiger partial charge in [0.2, 0.25) is 0 Å². The summed E-state index contributed by atoms with van der Waals surface area (Å²) in [6.45, 7) is -0.566. The van der Waals surface area contributed by atoms with Gasteiger partial charge in [0.1, 0.15) is 18.0 Å². The molecule has 0 fully saturated rings. The van der Waals surface area contributed by atoms with Crippen molar-refractivity contribution < 1.29 is 24.2 Å². The summed E-state index contributed by atoms with van der Waals surface area (Å²) in [5.41, 5.74) is 0.831. The molecule has 0 spiro atoms. The van der Waals surface area contributed by atoms with Crippen molar-refractivity contribution in [3.05, 3.63) is 71.4 Å². The van der Waals surface area contributed by atoms with Gasteiger partial charge in [-0.3, -0.25) is 14.4 Å². The number of methoxy groups -OCH3 is 1. The minimum Gasteiger partial charge on any atom is -0.496 e. The summed E-state index contributed by atoms with van der Waals surface area (Å²) in [6, 6.07) is 15.3. The first-order valence-corrected chi connectivity index (χ1v) is 7.72. The van der Waals surface area contributed by atoms with Crippen LogP contribution in [-0.4, -0.2) is 36.5 Å². The van der Waals surface area contributed by atoms with Crippen LogP contribution < -0.4 is 15.4 Å². The number of ether oxygens (including phenoxy) is 1. The fraction of sp³-hybridized carbons (Fsp3) is 0.105. The Morgan fingerprint density at radius 1 is 1.04 bits per heavy atom. The number of amides is 2. The number of hydrogen-bond acceptors (Lipinski definition) is 4. The van der Waals surface area contributed by atoms with Crippen molar-refractivity contribution in [1.29, 1.82) is 0 Å². The van der Waals surface area contributed by atoms with Gasteiger partial charge in [-0.2, -0.15) is 0 Å². The van der Waals surface area contributed by atoms with Crippen molar-refractivity contribution in [3.8, 4) is 5.75 Å². The van der Waals surface area contributed by atoms with Gasteiger partial charge in [0.05, 0.1) is 7.11 Å². The number of benzene rings is 2. The van der Waals surface area contributed by atoms with E-state index in [1.807, 2.05) is 0 Å². The molecular formula is C19H18N2O5. The molecule has 0 unspecified atom stereocenters. The van der Waals surface area contributed by atoms with E-state index in [-0.39, 0.29) is 5.70 Å². The highest BCUT2D eigenvalue weighted by Gasteiger charge is 2.16. The van der Waals surface area contributed by atoms with Gasteiger partial charge >= 0.3 is 5.97 Å². The van der Waals surface area contributed by atoms with Crippen molar-refractivity contribution in [3.63, 3.8) is 0 Å². The van der Waals surface area contributed by atoms with Gasteiger partial charge in [-0.25, -0.2) is 0 Å². The molecule has 0 aliphatic rings. The van der Waals surface area contributed by atoms with Crippen molar-refractivity contribution in [2.75, 3.05) is 13.7 Å². The summed E-state index contributed by atoms with van der Waals surface area (Å²) >= 11 is 0. The molecule has 2 rings (SSSR count). The number of hydrogen-bond donors (Lipinski definition) is 3. The first-order chi connectivity index (χ1) is 12.5. The lowest BCUT2D eigenvalue weighted by molar-refractivity contribution is -0.137. The van der Waals surface area contributed by atoms with Crippen LogP contribution in [0.4, 0.5) is 0 Å². The fourth-order valence-electron chi connectivity index (χ4n) is 2.13. The fourth-order valence-corrected chi connectivity index (χ4v) is 2.13. The van der Waals surface area contributed by atoms with E-state index >= 15 is 0 Å². The molecule has 0 aliphatic carbocycles. The lowest BCUT2D eigenvalue weighted by Crippen LogP contribution is -2.37. The van der Waals surface area contributed by atoms with E-state index in [2.05, 4.69) is 10.6 Å². The van der Waals surface area contributed by atoms with Gasteiger partial charge in [-0.05, 0) is 24.3 Å². The summed E-state index contributed by atoms with van der Waals surface area (Å²) in [7, 11) is 1.49. The third-order valence-corrected chi connectivity index (χ3v) is 3.37. The van der Waals surface area contributed by atoms with Crippen LogP contribution in [0.3, 0.4) is 0 Å². The SMILES string of the molecule is COc1ccccc1/C=C(\NC(=O)c1ccccc1)C(=O)NCC(=O)O. The Hall–Kier alpha value is -3.61. The zero-order valence-electron chi connectivity index (χ0n) is 14.1. The molecule has 0 saturated heterocycles. The van der Waals surface area contributed by atoms with Gasteiger partial charge in [-0.15, -0.1) is 0 Å². The van der Waals surface area contributed by atoms with E-state index in [0.29, 0.717) is 16.9 Å². The maximum atomic E-state index is 12.4. The number of carbonyl (C=O) groups excluding carboxylic acids is 2. The molecule has 0 bridgehead atoms. The normalized spacial score (nSPS) is 10.7. The average molecular weight is 354 g/mol. The first-order valence-electron chi connectivity index (χ1n) is 7.72. The van der Waals surface area contributed by atoms with Crippen molar-refractivity contribution in [1.82, 2.24) is 10.6 Å². The molecule has 26 heavy (non-hydrogen) atoms. The van der Waals surface area contributed by atoms with E-state index in [9.17, 15) is 14.4 Å². The monoisotopic (exact) mass is 354 g/mol. The van der Waals surface area contributed by atoms with Crippen LogP contribution in [0.25, 0.3) is 6.08 Å². The number of rotatable bonds is 7. The van der Waals surface area contributed by atoms with Crippen LogP contribution in [-0.2, 0) is 9.59 Å². The van der Waals surface area contributed by atoms with Crippen LogP contribution in [0.15, 0.2) is 60.3 Å². The average Bonchev–Trinajstić information content (AvgIpc) is 2.66. The summed E-state index contributed by atoms with van der Waals surface area (Å²) in [4.78, 5) is 35.4. The molecule has 0 aromatic heterocycles. The van der Waals surface area contributed by atoms with E-state index in [1.54, 1.807) is 54.6 Å². The predicted octanol–water partition coefficient (Wildman–Crippen LogP) is 1.67. The van der Waals surface area contributed by atoms with Gasteiger partial charge in [0.25, 0.3) is 11.8 Å². The van der Waals surface area contributed by atoms with Gasteiger partial charge in [0.15, 0.2) is 0 Å². The molecule has 0 aliphatic heterocycles. The second-order valence-electron chi connectivity index (χ2n) is 5.20. The molecule has 134 valence electrons. The zero-order chi connectivity index (χ0) is 18.9. The molecule has 3 N–H and O–H groups in total. The number of nitrogens with one attached hydrogen (secondary N) is 2. The maximum absolute atomic E-state index is 12.4. The molecule has 7 nitrogen and oxygen atoms in total. The van der Waals surface area contributed by atoms with Gasteiger partial charge in [0, 0.05) is 11.1 Å². The number of carboxylic acids is 1. The molecule has 0 atom stereocenters. The van der Waals surface area contributed by atoms with Crippen LogP contribution in [0.1, 0.15) is 15.9 Å². The number of para-hydroxylation sites is 1. The quantitative estimate of drug-likeness (QED) is 0.656. The number of aliphatic carboxylic acids is 1. The van der Waals surface area contributed by atoms with Crippen molar-refractivity contribution in [2.45, 2.75) is 0 Å². The summed E-state index contributed by atoms with van der Waals surface area (Å²) in [6.07, 6.45) is 1.43. The van der Waals surface area contributed by atoms with Crippen LogP contribution in [0, 0.1) is 0 Å². The second kappa shape index (κ2) is 9.03. The Morgan fingerprint density at radius 2 is 1.69 bits per heavy atom. The van der Waals surface area contributed by atoms with Crippen molar-refractivity contribution in [2.24, 2.45) is 0 Å². The van der Waals surface area contributed by atoms with Crippen LogP contribution in [0.2, 0.25) is 0 Å². The van der Waals surface area contributed by atoms with E-state index in [4.69, 9.17) is 9.84 Å². The summed E-state index contributed by atoms with van der Waals surface area (Å²) in [5, 5.41) is 13.5. The molecule has 7 heteroatoms. The van der Waals surface area contributed by atoms with E-state index < -0.39 is 24.3 Å². The summed E-state index contributed by atoms with van der Waals surface area (Å²) in [5.74, 6) is -1.89. The van der Waals surface area contributed by atoms with E-state index in [1.165, 1.54) is 13.2 Å². The Bertz CT molecular complexity index is 831. The third kappa shape index (κ3) is 5.20. The lowest BCUT2D eigenvalue weighted by atomic mass is 10.1. The Morgan fingerprint density at radius 3 is 2.35 bits per heavy atom. The molecule has 2 aromatic carbocycles. The van der Waals surface area contributed by atoms with Gasteiger partial charge < -0.3 is 20.5 Å². The second-order valence-corrected chi connectivity index (χ2v) is 5.20. The Balaban J connectivity index is 2.32. The van der Waals surface area contributed by atoms with E-state index in [0.717, 1.165) is 0 Å². The molecule has 2 amide bonds. The highest BCUT2D eigenvalue weighted by molar-refractivity contribution is 6.06. The zero-order valence-corrected chi connectivity index (χ0v) is 14.1. The van der Waals surface area contributed by atoms with Crippen molar-refractivity contribution >= 4 is 23.9 Å². The predicted molar refractivity (Wildman–Crippen MR) is 95.5 cm³/mol.